The Labute approximate surface area is 232 Å². The molecule has 2 amide bonds. The van der Waals surface area contributed by atoms with E-state index < -0.39 is 34.6 Å². The van der Waals surface area contributed by atoms with Gasteiger partial charge in [-0.15, -0.1) is 11.3 Å². The maximum Gasteiger partial charge on any atom is 0.418 e. The Hall–Kier alpha value is -3.67. The molecule has 0 saturated heterocycles. The molecule has 1 unspecified atom stereocenters. The van der Waals surface area contributed by atoms with E-state index in [0.717, 1.165) is 22.6 Å². The zero-order chi connectivity index (χ0) is 28.0. The van der Waals surface area contributed by atoms with Gasteiger partial charge in [0, 0.05) is 31.6 Å². The minimum atomic E-state index is -4.70. The first-order valence-electron chi connectivity index (χ1n) is 11.1. The van der Waals surface area contributed by atoms with Gasteiger partial charge in [-0.1, -0.05) is 11.6 Å². The molecule has 0 aliphatic carbocycles. The Morgan fingerprint density at radius 1 is 1.05 bits per heavy atom. The first-order chi connectivity index (χ1) is 18.6. The number of hydrogen-bond acceptors (Lipinski definition) is 12. The quantitative estimate of drug-likeness (QED) is 0.150. The second kappa shape index (κ2) is 12.5. The summed E-state index contributed by atoms with van der Waals surface area (Å²) in [5, 5.41) is 12.1. The minimum Gasteiger partial charge on any atom is -0.376 e. The maximum absolute atomic E-state index is 13.1. The number of rotatable bonds is 10. The summed E-state index contributed by atoms with van der Waals surface area (Å²) >= 11 is 7.94. The lowest BCUT2D eigenvalue weighted by Crippen LogP contribution is -2.27. The summed E-state index contributed by atoms with van der Waals surface area (Å²) in [5.74, 6) is -1.05. The largest absolute Gasteiger partial charge is 0.418 e. The van der Waals surface area contributed by atoms with Crippen molar-refractivity contribution in [1.82, 2.24) is 40.8 Å². The number of aromatic nitrogens is 4. The molecule has 4 heterocycles. The number of pyridine rings is 1. The molecule has 18 heteroatoms. The lowest BCUT2D eigenvalue weighted by Gasteiger charge is -2.12. The number of hydrazine groups is 1. The number of thiazole rings is 1. The Balaban J connectivity index is 1.31. The predicted octanol–water partition coefficient (Wildman–Crippen LogP) is 3.30. The van der Waals surface area contributed by atoms with Crippen molar-refractivity contribution in [3.63, 3.8) is 0 Å². The molecule has 0 radical (unpaired) electrons. The van der Waals surface area contributed by atoms with E-state index in [1.54, 1.807) is 13.1 Å². The van der Waals surface area contributed by atoms with Crippen molar-refractivity contribution in [2.45, 2.75) is 19.1 Å². The van der Waals surface area contributed by atoms with Crippen LogP contribution in [0.25, 0.3) is 0 Å². The first-order valence-corrected chi connectivity index (χ1v) is 13.1. The number of hydrogen-bond donors (Lipinski definition) is 6. The molecule has 39 heavy (non-hydrogen) atoms. The third-order valence-electron chi connectivity index (χ3n) is 4.92. The molecule has 6 N–H and O–H groups in total. The van der Waals surface area contributed by atoms with Crippen LogP contribution in [0.15, 0.2) is 42.1 Å². The van der Waals surface area contributed by atoms with Gasteiger partial charge in [-0.2, -0.15) is 18.0 Å². The Morgan fingerprint density at radius 3 is 2.59 bits per heavy atom. The van der Waals surface area contributed by atoms with Gasteiger partial charge < -0.3 is 26.7 Å². The number of alkyl halides is 3. The van der Waals surface area contributed by atoms with Crippen LogP contribution >= 0.6 is 34.9 Å². The normalized spacial score (nSPS) is 13.7. The molecule has 4 rings (SSSR count). The summed E-state index contributed by atoms with van der Waals surface area (Å²) < 4.78 is 39.2. The summed E-state index contributed by atoms with van der Waals surface area (Å²) in [6.07, 6.45) is 0.416. The van der Waals surface area contributed by atoms with E-state index in [9.17, 15) is 22.8 Å². The highest BCUT2D eigenvalue weighted by Gasteiger charge is 2.34. The van der Waals surface area contributed by atoms with Gasteiger partial charge in [0.2, 0.25) is 0 Å². The van der Waals surface area contributed by atoms with Gasteiger partial charge in [0.25, 0.3) is 11.8 Å². The number of carbonyl (C=O) groups excluding carboxylic acids is 2. The van der Waals surface area contributed by atoms with Crippen LogP contribution in [-0.4, -0.2) is 44.8 Å². The first kappa shape index (κ1) is 28.3. The molecule has 1 aliphatic heterocycles. The van der Waals surface area contributed by atoms with E-state index in [1.807, 2.05) is 0 Å². The van der Waals surface area contributed by atoms with Crippen molar-refractivity contribution in [2.75, 3.05) is 23.7 Å². The van der Waals surface area contributed by atoms with Crippen molar-refractivity contribution in [1.29, 1.82) is 0 Å². The van der Waals surface area contributed by atoms with Gasteiger partial charge in [0.05, 0.1) is 22.8 Å². The number of nitrogens with zero attached hydrogens (tertiary/aromatic N) is 4. The molecule has 0 aromatic carbocycles. The van der Waals surface area contributed by atoms with Crippen LogP contribution in [0.2, 0.25) is 5.02 Å². The third kappa shape index (κ3) is 7.69. The highest BCUT2D eigenvalue weighted by molar-refractivity contribution is 8.01. The Morgan fingerprint density at radius 2 is 1.85 bits per heavy atom. The highest BCUT2D eigenvalue weighted by Crippen LogP contribution is 2.35. The average molecular weight is 601 g/mol. The SMILES string of the molecule is CC(NC(=O)c1cc(NCCNC2=CNNS2)ncn1)c1ncc(C(=O)Nc2cc(C(F)(F)F)c(Cl)cn2)s1. The lowest BCUT2D eigenvalue weighted by atomic mass is 10.2. The number of nitrogens with one attached hydrogen (secondary N) is 6. The number of amides is 2. The molecular weight excluding hydrogens is 581 g/mol. The predicted molar refractivity (Wildman–Crippen MR) is 141 cm³/mol. The average Bonchev–Trinajstić information content (AvgIpc) is 3.60. The van der Waals surface area contributed by atoms with Crippen molar-refractivity contribution in [2.24, 2.45) is 0 Å². The molecule has 0 bridgehead atoms. The van der Waals surface area contributed by atoms with Crippen LogP contribution in [0.4, 0.5) is 24.8 Å². The fraction of sp³-hybridized carbons (Fsp3) is 0.238. The van der Waals surface area contributed by atoms with Crippen LogP contribution in [0.1, 0.15) is 43.7 Å². The smallest absolute Gasteiger partial charge is 0.376 e. The topological polar surface area (TPSA) is 158 Å². The molecule has 12 nitrogen and oxygen atoms in total. The minimum absolute atomic E-state index is 0.108. The molecule has 206 valence electrons. The number of carbonyl (C=O) groups is 2. The molecule has 0 saturated carbocycles. The van der Waals surface area contributed by atoms with E-state index in [0.29, 0.717) is 30.0 Å². The van der Waals surface area contributed by atoms with Gasteiger partial charge in [0.1, 0.15) is 38.6 Å². The Kier molecular flexibility index (Phi) is 9.05. The fourth-order valence-electron chi connectivity index (χ4n) is 3.08. The molecule has 0 spiro atoms. The molecule has 1 aliphatic rings. The van der Waals surface area contributed by atoms with Crippen molar-refractivity contribution in [3.8, 4) is 0 Å². The van der Waals surface area contributed by atoms with Gasteiger partial charge in [0.15, 0.2) is 0 Å². The summed E-state index contributed by atoms with van der Waals surface area (Å²) in [7, 11) is 0. The number of halogens is 4. The van der Waals surface area contributed by atoms with Crippen LogP contribution in [0.5, 0.6) is 0 Å². The lowest BCUT2D eigenvalue weighted by molar-refractivity contribution is -0.137. The van der Waals surface area contributed by atoms with E-state index >= 15 is 0 Å². The van der Waals surface area contributed by atoms with Crippen LogP contribution in [0.3, 0.4) is 0 Å². The fourth-order valence-corrected chi connectivity index (χ4v) is 4.62. The van der Waals surface area contributed by atoms with Crippen molar-refractivity contribution >= 4 is 58.3 Å². The van der Waals surface area contributed by atoms with Gasteiger partial charge >= 0.3 is 6.18 Å². The monoisotopic (exact) mass is 600 g/mol. The summed E-state index contributed by atoms with van der Waals surface area (Å²) in [4.78, 5) is 44.2. The van der Waals surface area contributed by atoms with Crippen LogP contribution < -0.4 is 31.5 Å². The van der Waals surface area contributed by atoms with Gasteiger partial charge in [-0.05, 0) is 24.9 Å². The maximum atomic E-state index is 13.1. The second-order valence-electron chi connectivity index (χ2n) is 7.76. The molecule has 3 aromatic rings. The van der Waals surface area contributed by atoms with Gasteiger partial charge in [-0.25, -0.2) is 19.9 Å². The van der Waals surface area contributed by atoms with Crippen LogP contribution in [-0.2, 0) is 6.18 Å². The molecular formula is C21H20ClF3N10O2S2. The van der Waals surface area contributed by atoms with E-state index in [4.69, 9.17) is 11.6 Å². The van der Waals surface area contributed by atoms with E-state index in [1.165, 1.54) is 30.5 Å². The van der Waals surface area contributed by atoms with Crippen molar-refractivity contribution in [3.05, 3.63) is 68.2 Å². The second-order valence-corrected chi connectivity index (χ2v) is 10.1. The van der Waals surface area contributed by atoms with Gasteiger partial charge in [-0.3, -0.25) is 9.59 Å². The summed E-state index contributed by atoms with van der Waals surface area (Å²) in [6.45, 7) is 2.82. The van der Waals surface area contributed by atoms with E-state index in [2.05, 4.69) is 51.5 Å². The number of anilines is 2. The Bertz CT molecular complexity index is 1390. The summed E-state index contributed by atoms with van der Waals surface area (Å²) in [6, 6.07) is 1.56. The van der Waals surface area contributed by atoms with Crippen molar-refractivity contribution < 1.29 is 22.8 Å². The molecule has 1 atom stereocenters. The molecule has 0 fully saturated rings. The standard InChI is InChI=1S/C21H20ClF3N10O2S2/c1-10(33-18(36)13-5-15(31-9-30-13)26-2-3-27-17-8-32-35-39-17)20-29-7-14(38-20)19(37)34-16-4-11(21(23,24)25)12(22)6-28-16/h4-10,27,32,35H,2-3H2,1H3,(H,33,36)(H,26,30,31)(H,28,34,37). The van der Waals surface area contributed by atoms with Crippen LogP contribution in [0, 0.1) is 0 Å². The molecule has 3 aromatic heterocycles. The van der Waals surface area contributed by atoms with E-state index in [-0.39, 0.29) is 16.4 Å². The summed E-state index contributed by atoms with van der Waals surface area (Å²) in [5.41, 5.74) is 1.85. The third-order valence-corrected chi connectivity index (χ3v) is 7.10. The zero-order valence-corrected chi connectivity index (χ0v) is 22.3. The highest BCUT2D eigenvalue weighted by atomic mass is 35.5. The zero-order valence-electron chi connectivity index (χ0n) is 19.9.